The van der Waals surface area contributed by atoms with Crippen molar-refractivity contribution in [2.45, 2.75) is 26.2 Å². The topological polar surface area (TPSA) is 3.24 Å². The van der Waals surface area contributed by atoms with Crippen LogP contribution in [-0.2, 0) is 0 Å². The highest BCUT2D eigenvalue weighted by molar-refractivity contribution is 7.13. The van der Waals surface area contributed by atoms with Gasteiger partial charge in [0.05, 0.1) is 0 Å². The van der Waals surface area contributed by atoms with Gasteiger partial charge in [-0.15, -0.1) is 0 Å². The van der Waals surface area contributed by atoms with Gasteiger partial charge in [-0.1, -0.05) is 22.7 Å². The molecule has 1 aliphatic heterocycles. The highest BCUT2D eigenvalue weighted by atomic mass is 31.0. The van der Waals surface area contributed by atoms with Crippen LogP contribution in [-0.4, -0.2) is 17.8 Å². The molecule has 2 atom stereocenters. The van der Waals surface area contributed by atoms with E-state index in [-0.39, 0.29) is 0 Å². The van der Waals surface area contributed by atoms with E-state index in [0.29, 0.717) is 0 Å². The summed E-state index contributed by atoms with van der Waals surface area (Å²) in [7, 11) is 2.79. The zero-order valence-electron chi connectivity index (χ0n) is 6.14. The highest BCUT2D eigenvalue weighted by Gasteiger charge is 2.14. The van der Waals surface area contributed by atoms with E-state index in [9.17, 15) is 0 Å². The maximum atomic E-state index is 2.79. The van der Waals surface area contributed by atoms with Gasteiger partial charge in [0.15, 0.2) is 0 Å². The molecule has 0 aromatic carbocycles. The Morgan fingerprint density at radius 2 is 2.44 bits per heavy atom. The third kappa shape index (κ3) is 2.23. The second kappa shape index (κ2) is 3.53. The molecular formula is C7H16NP. The monoisotopic (exact) mass is 145 g/mol. The molecule has 9 heavy (non-hydrogen) atoms. The lowest BCUT2D eigenvalue weighted by Gasteiger charge is -2.28. The molecule has 2 unspecified atom stereocenters. The molecule has 1 fully saturated rings. The highest BCUT2D eigenvalue weighted by Crippen LogP contribution is 2.20. The van der Waals surface area contributed by atoms with Crippen LogP contribution in [0, 0.1) is 5.92 Å². The average molecular weight is 145 g/mol. The first-order valence-corrected chi connectivity index (χ1v) is 4.34. The summed E-state index contributed by atoms with van der Waals surface area (Å²) in [5.74, 6) is 0.969. The van der Waals surface area contributed by atoms with Gasteiger partial charge in [-0.05, 0) is 18.8 Å². The Bertz CT molecular complexity index is 85.0. The van der Waals surface area contributed by atoms with Crippen LogP contribution in [0.2, 0.25) is 0 Å². The fourth-order valence-electron chi connectivity index (χ4n) is 1.43. The largest absolute Gasteiger partial charge is 0.287 e. The summed E-state index contributed by atoms with van der Waals surface area (Å²) >= 11 is 0. The van der Waals surface area contributed by atoms with Crippen LogP contribution >= 0.6 is 9.39 Å². The van der Waals surface area contributed by atoms with Crippen molar-refractivity contribution in [1.29, 1.82) is 0 Å². The Kier molecular flexibility index (Phi) is 2.94. The molecule has 0 bridgehead atoms. The van der Waals surface area contributed by atoms with Crippen molar-refractivity contribution in [2.24, 2.45) is 5.92 Å². The molecule has 1 rings (SSSR count). The minimum atomic E-state index is 0.969. The molecule has 0 aromatic heterocycles. The van der Waals surface area contributed by atoms with E-state index in [2.05, 4.69) is 21.0 Å². The second-order valence-electron chi connectivity index (χ2n) is 2.91. The Labute approximate surface area is 60.1 Å². The summed E-state index contributed by atoms with van der Waals surface area (Å²) in [6.45, 7) is 4.86. The first kappa shape index (κ1) is 7.50. The Morgan fingerprint density at radius 3 is 2.89 bits per heavy atom. The van der Waals surface area contributed by atoms with Gasteiger partial charge in [-0.2, -0.15) is 0 Å². The van der Waals surface area contributed by atoms with Crippen LogP contribution in [0.15, 0.2) is 0 Å². The molecule has 0 N–H and O–H groups in total. The van der Waals surface area contributed by atoms with E-state index in [1.807, 2.05) is 0 Å². The fourth-order valence-corrected chi connectivity index (χ4v) is 1.91. The molecule has 1 heterocycles. The molecule has 1 nitrogen and oxygen atoms in total. The first-order chi connectivity index (χ1) is 4.33. The van der Waals surface area contributed by atoms with Crippen molar-refractivity contribution in [3.63, 3.8) is 0 Å². The third-order valence-corrected chi connectivity index (χ3v) is 2.60. The number of piperidine rings is 1. The van der Waals surface area contributed by atoms with Crippen molar-refractivity contribution in [3.05, 3.63) is 0 Å². The van der Waals surface area contributed by atoms with Gasteiger partial charge in [0.25, 0.3) is 0 Å². The van der Waals surface area contributed by atoms with E-state index in [4.69, 9.17) is 0 Å². The van der Waals surface area contributed by atoms with Crippen LogP contribution < -0.4 is 0 Å². The van der Waals surface area contributed by atoms with E-state index >= 15 is 0 Å². The predicted molar refractivity (Wildman–Crippen MR) is 44.3 cm³/mol. The number of nitrogens with zero attached hydrogens (tertiary/aromatic N) is 1. The van der Waals surface area contributed by atoms with E-state index in [1.54, 1.807) is 0 Å². The molecule has 1 aliphatic rings. The number of hydrogen-bond donors (Lipinski definition) is 0. The Balaban J connectivity index is 2.23. The van der Waals surface area contributed by atoms with Crippen LogP contribution in [0.1, 0.15) is 26.2 Å². The van der Waals surface area contributed by atoms with Gasteiger partial charge >= 0.3 is 0 Å². The maximum absolute atomic E-state index is 2.79. The molecule has 1 saturated heterocycles. The zero-order valence-corrected chi connectivity index (χ0v) is 7.29. The number of rotatable bonds is 1. The van der Waals surface area contributed by atoms with Crippen molar-refractivity contribution in [2.75, 3.05) is 13.1 Å². The molecule has 0 amide bonds. The molecule has 0 aromatic rings. The SMILES string of the molecule is CCC1CCCN(P)C1. The Hall–Kier alpha value is 0.390. The Morgan fingerprint density at radius 1 is 1.67 bits per heavy atom. The van der Waals surface area contributed by atoms with Gasteiger partial charge in [-0.3, -0.25) is 4.67 Å². The minimum Gasteiger partial charge on any atom is -0.287 e. The average Bonchev–Trinajstić information content (AvgIpc) is 1.88. The summed E-state index contributed by atoms with van der Waals surface area (Å²) in [5.41, 5.74) is 0. The van der Waals surface area contributed by atoms with Crippen LogP contribution in [0.4, 0.5) is 0 Å². The summed E-state index contributed by atoms with van der Waals surface area (Å²) in [6, 6.07) is 0. The van der Waals surface area contributed by atoms with Crippen molar-refractivity contribution < 1.29 is 0 Å². The van der Waals surface area contributed by atoms with Crippen molar-refractivity contribution >= 4 is 9.39 Å². The lowest BCUT2D eigenvalue weighted by molar-refractivity contribution is 0.278. The van der Waals surface area contributed by atoms with Gasteiger partial charge in [0.1, 0.15) is 0 Å². The zero-order chi connectivity index (χ0) is 6.69. The van der Waals surface area contributed by atoms with Gasteiger partial charge in [0, 0.05) is 13.1 Å². The fraction of sp³-hybridized carbons (Fsp3) is 1.00. The van der Waals surface area contributed by atoms with Crippen LogP contribution in [0.5, 0.6) is 0 Å². The first-order valence-electron chi connectivity index (χ1n) is 3.82. The lowest BCUT2D eigenvalue weighted by atomic mass is 9.97. The summed E-state index contributed by atoms with van der Waals surface area (Å²) in [5, 5.41) is 0. The van der Waals surface area contributed by atoms with E-state index < -0.39 is 0 Å². The van der Waals surface area contributed by atoms with E-state index in [1.165, 1.54) is 32.4 Å². The van der Waals surface area contributed by atoms with Crippen molar-refractivity contribution in [1.82, 2.24) is 4.67 Å². The van der Waals surface area contributed by atoms with E-state index in [0.717, 1.165) is 5.92 Å². The van der Waals surface area contributed by atoms with Gasteiger partial charge < -0.3 is 0 Å². The molecule has 0 saturated carbocycles. The second-order valence-corrected chi connectivity index (χ2v) is 3.64. The summed E-state index contributed by atoms with van der Waals surface area (Å²) in [6.07, 6.45) is 4.19. The van der Waals surface area contributed by atoms with Gasteiger partial charge in [0.2, 0.25) is 0 Å². The lowest BCUT2D eigenvalue weighted by Crippen LogP contribution is -2.27. The third-order valence-electron chi connectivity index (χ3n) is 2.13. The maximum Gasteiger partial charge on any atom is 0.00444 e. The predicted octanol–water partition coefficient (Wildman–Crippen LogP) is 1.90. The molecule has 0 radical (unpaired) electrons. The summed E-state index contributed by atoms with van der Waals surface area (Å²) < 4.78 is 2.36. The molecule has 0 aliphatic carbocycles. The smallest absolute Gasteiger partial charge is 0.00444 e. The standard InChI is InChI=1S/C7H16NP/c1-2-7-4-3-5-8(9)6-7/h7H,2-6,9H2,1H3. The summed E-state index contributed by atoms with van der Waals surface area (Å²) in [4.78, 5) is 0. The quantitative estimate of drug-likeness (QED) is 0.509. The van der Waals surface area contributed by atoms with Gasteiger partial charge in [-0.25, -0.2) is 0 Å². The minimum absolute atomic E-state index is 0.969. The van der Waals surface area contributed by atoms with Crippen LogP contribution in [0.25, 0.3) is 0 Å². The normalized spacial score (nSPS) is 30.7. The number of hydrogen-bond acceptors (Lipinski definition) is 1. The molecule has 54 valence electrons. The molecular weight excluding hydrogens is 129 g/mol. The van der Waals surface area contributed by atoms with Crippen molar-refractivity contribution in [3.8, 4) is 0 Å². The molecule has 2 heteroatoms. The van der Waals surface area contributed by atoms with Crippen LogP contribution in [0.3, 0.4) is 0 Å². The molecule has 0 spiro atoms.